The molecule has 1 fully saturated rings. The Kier molecular flexibility index (Phi) is 5.86. The summed E-state index contributed by atoms with van der Waals surface area (Å²) < 4.78 is 6.00. The molecule has 1 aromatic heterocycles. The van der Waals surface area contributed by atoms with Crippen LogP contribution in [0, 0.1) is 0 Å². The fourth-order valence-electron chi connectivity index (χ4n) is 3.95. The number of aliphatic carboxylic acids is 1. The number of benzene rings is 2. The van der Waals surface area contributed by atoms with Gasteiger partial charge in [0.15, 0.2) is 0 Å². The lowest BCUT2D eigenvalue weighted by Gasteiger charge is -2.31. The average Bonchev–Trinajstić information content (AvgIpc) is 3.24. The van der Waals surface area contributed by atoms with Crippen LogP contribution in [-0.4, -0.2) is 33.5 Å². The van der Waals surface area contributed by atoms with Crippen LogP contribution in [-0.2, 0) is 11.4 Å². The van der Waals surface area contributed by atoms with Crippen molar-refractivity contribution in [3.05, 3.63) is 95.8 Å². The molecule has 0 radical (unpaired) electrons. The second-order valence-electron chi connectivity index (χ2n) is 7.24. The zero-order valence-electron chi connectivity index (χ0n) is 16.1. The third-order valence-electron chi connectivity index (χ3n) is 5.30. The van der Waals surface area contributed by atoms with Crippen molar-refractivity contribution in [3.8, 4) is 5.75 Å². The lowest BCUT2D eigenvalue weighted by molar-refractivity contribution is -0.142. The van der Waals surface area contributed by atoms with Crippen LogP contribution in [0.5, 0.6) is 5.75 Å². The molecular weight excluding hydrogens is 364 g/mol. The summed E-state index contributed by atoms with van der Waals surface area (Å²) in [6.45, 7) is 1.22. The molecule has 1 aliphatic heterocycles. The highest BCUT2D eigenvalue weighted by Gasteiger charge is 2.37. The maximum absolute atomic E-state index is 11.8. The number of hydrogen-bond acceptors (Lipinski definition) is 4. The minimum Gasteiger partial charge on any atom is -0.489 e. The lowest BCUT2D eigenvalue weighted by atomic mass is 10.00. The van der Waals surface area contributed by atoms with Crippen molar-refractivity contribution in [2.45, 2.75) is 31.5 Å². The first-order valence-corrected chi connectivity index (χ1v) is 9.88. The number of rotatable bonds is 7. The summed E-state index contributed by atoms with van der Waals surface area (Å²) in [5.41, 5.74) is 2.94. The molecule has 2 unspecified atom stereocenters. The topological polar surface area (TPSA) is 62.7 Å². The van der Waals surface area contributed by atoms with Crippen molar-refractivity contribution in [1.82, 2.24) is 9.88 Å². The summed E-state index contributed by atoms with van der Waals surface area (Å²) in [5, 5.41) is 9.70. The Morgan fingerprint density at radius 2 is 1.93 bits per heavy atom. The molecule has 3 aromatic rings. The highest BCUT2D eigenvalue weighted by atomic mass is 16.5. The number of pyridine rings is 1. The number of ether oxygens (including phenoxy) is 1. The molecule has 148 valence electrons. The number of carboxylic acids is 1. The predicted molar refractivity (Wildman–Crippen MR) is 111 cm³/mol. The SMILES string of the molecule is O=C(O)C1CCCN1C(c1cccc(OCc2ccccc2)c1)c1ccccn1. The molecule has 1 saturated heterocycles. The largest absolute Gasteiger partial charge is 0.489 e. The number of carbonyl (C=O) groups is 1. The van der Waals surface area contributed by atoms with E-state index in [1.54, 1.807) is 6.20 Å². The minimum atomic E-state index is -0.778. The maximum Gasteiger partial charge on any atom is 0.320 e. The number of likely N-dealkylation sites (tertiary alicyclic amines) is 1. The number of nitrogens with zero attached hydrogens (tertiary/aromatic N) is 2. The third kappa shape index (κ3) is 4.46. The fourth-order valence-corrected chi connectivity index (χ4v) is 3.95. The molecule has 1 N–H and O–H groups in total. The molecule has 29 heavy (non-hydrogen) atoms. The lowest BCUT2D eigenvalue weighted by Crippen LogP contribution is -2.39. The molecule has 2 heterocycles. The van der Waals surface area contributed by atoms with Gasteiger partial charge in [-0.25, -0.2) is 0 Å². The van der Waals surface area contributed by atoms with Gasteiger partial charge in [0.25, 0.3) is 0 Å². The summed E-state index contributed by atoms with van der Waals surface area (Å²) in [6.07, 6.45) is 3.28. The molecule has 0 amide bonds. The standard InChI is InChI=1S/C24H24N2O3/c27-24(28)22-13-7-15-26(22)23(21-12-4-5-14-25-21)19-10-6-11-20(16-19)29-17-18-8-2-1-3-9-18/h1-6,8-12,14,16,22-23H,7,13,15,17H2,(H,27,28). The van der Waals surface area contributed by atoms with Crippen LogP contribution in [0.15, 0.2) is 79.0 Å². The van der Waals surface area contributed by atoms with Gasteiger partial charge in [0.05, 0.1) is 11.7 Å². The van der Waals surface area contributed by atoms with Gasteiger partial charge in [-0.05, 0) is 48.2 Å². The van der Waals surface area contributed by atoms with Gasteiger partial charge in [0.2, 0.25) is 0 Å². The molecule has 0 bridgehead atoms. The second-order valence-corrected chi connectivity index (χ2v) is 7.24. The van der Waals surface area contributed by atoms with Crippen molar-refractivity contribution >= 4 is 5.97 Å². The van der Waals surface area contributed by atoms with E-state index in [4.69, 9.17) is 4.74 Å². The van der Waals surface area contributed by atoms with Crippen LogP contribution in [0.1, 0.15) is 35.7 Å². The van der Waals surface area contributed by atoms with Crippen LogP contribution in [0.4, 0.5) is 0 Å². The Morgan fingerprint density at radius 3 is 2.69 bits per heavy atom. The molecule has 0 aliphatic carbocycles. The molecule has 2 atom stereocenters. The van der Waals surface area contributed by atoms with Crippen molar-refractivity contribution in [1.29, 1.82) is 0 Å². The summed E-state index contributed by atoms with van der Waals surface area (Å²) in [7, 11) is 0. The minimum absolute atomic E-state index is 0.222. The van der Waals surface area contributed by atoms with Crippen molar-refractivity contribution in [2.24, 2.45) is 0 Å². The van der Waals surface area contributed by atoms with Gasteiger partial charge in [-0.2, -0.15) is 0 Å². The summed E-state index contributed by atoms with van der Waals surface area (Å²) in [6, 6.07) is 23.0. The summed E-state index contributed by atoms with van der Waals surface area (Å²) in [4.78, 5) is 18.4. The van der Waals surface area contributed by atoms with E-state index in [-0.39, 0.29) is 6.04 Å². The van der Waals surface area contributed by atoms with Crippen LogP contribution >= 0.6 is 0 Å². The van der Waals surface area contributed by atoms with E-state index >= 15 is 0 Å². The normalized spacial score (nSPS) is 17.7. The van der Waals surface area contributed by atoms with Gasteiger partial charge < -0.3 is 9.84 Å². The van der Waals surface area contributed by atoms with Crippen LogP contribution in [0.25, 0.3) is 0 Å². The Hall–Kier alpha value is -3.18. The Morgan fingerprint density at radius 1 is 1.10 bits per heavy atom. The van der Waals surface area contributed by atoms with Gasteiger partial charge in [-0.3, -0.25) is 14.7 Å². The molecule has 1 aliphatic rings. The first kappa shape index (κ1) is 19.2. The van der Waals surface area contributed by atoms with Crippen molar-refractivity contribution in [2.75, 3.05) is 6.54 Å². The number of aromatic nitrogens is 1. The Labute approximate surface area is 170 Å². The number of hydrogen-bond donors (Lipinski definition) is 1. The van der Waals surface area contributed by atoms with Crippen molar-refractivity contribution < 1.29 is 14.6 Å². The zero-order chi connectivity index (χ0) is 20.1. The highest BCUT2D eigenvalue weighted by Crippen LogP contribution is 2.35. The van der Waals surface area contributed by atoms with E-state index in [1.165, 1.54) is 0 Å². The highest BCUT2D eigenvalue weighted by molar-refractivity contribution is 5.74. The van der Waals surface area contributed by atoms with Crippen LogP contribution in [0.3, 0.4) is 0 Å². The maximum atomic E-state index is 11.8. The average molecular weight is 388 g/mol. The zero-order valence-corrected chi connectivity index (χ0v) is 16.1. The molecular formula is C24H24N2O3. The first-order valence-electron chi connectivity index (χ1n) is 9.88. The van der Waals surface area contributed by atoms with E-state index in [1.807, 2.05) is 77.7 Å². The summed E-state index contributed by atoms with van der Waals surface area (Å²) >= 11 is 0. The van der Waals surface area contributed by atoms with E-state index in [2.05, 4.69) is 4.98 Å². The molecule has 4 rings (SSSR count). The van der Waals surface area contributed by atoms with E-state index in [0.29, 0.717) is 13.0 Å². The van der Waals surface area contributed by atoms with Gasteiger partial charge >= 0.3 is 5.97 Å². The molecule has 5 nitrogen and oxygen atoms in total. The van der Waals surface area contributed by atoms with Crippen LogP contribution < -0.4 is 4.74 Å². The van der Waals surface area contributed by atoms with E-state index < -0.39 is 12.0 Å². The van der Waals surface area contributed by atoms with Gasteiger partial charge in [-0.15, -0.1) is 0 Å². The summed E-state index contributed by atoms with van der Waals surface area (Å²) in [5.74, 6) is -0.0155. The molecule has 5 heteroatoms. The quantitative estimate of drug-likeness (QED) is 0.654. The Balaban J connectivity index is 1.63. The predicted octanol–water partition coefficient (Wildman–Crippen LogP) is 4.30. The molecule has 0 saturated carbocycles. The van der Waals surface area contributed by atoms with Gasteiger partial charge in [0, 0.05) is 12.7 Å². The number of carboxylic acid groups (broad SMARTS) is 1. The van der Waals surface area contributed by atoms with E-state index in [0.717, 1.165) is 35.5 Å². The van der Waals surface area contributed by atoms with Crippen LogP contribution in [0.2, 0.25) is 0 Å². The van der Waals surface area contributed by atoms with Gasteiger partial charge in [0.1, 0.15) is 18.4 Å². The first-order chi connectivity index (χ1) is 14.2. The van der Waals surface area contributed by atoms with E-state index in [9.17, 15) is 9.90 Å². The fraction of sp³-hybridized carbons (Fsp3) is 0.250. The molecule has 0 spiro atoms. The Bertz CT molecular complexity index is 947. The molecule has 2 aromatic carbocycles. The van der Waals surface area contributed by atoms with Crippen molar-refractivity contribution in [3.63, 3.8) is 0 Å². The monoisotopic (exact) mass is 388 g/mol. The van der Waals surface area contributed by atoms with Gasteiger partial charge in [-0.1, -0.05) is 48.5 Å². The smallest absolute Gasteiger partial charge is 0.320 e. The second kappa shape index (κ2) is 8.88. The third-order valence-corrected chi connectivity index (χ3v) is 5.30.